The van der Waals surface area contributed by atoms with E-state index in [-0.39, 0.29) is 33.2 Å². The van der Waals surface area contributed by atoms with E-state index >= 15 is 0 Å². The molecular formula is C31H50O3. The highest BCUT2D eigenvalue weighted by Crippen LogP contribution is 2.76. The van der Waals surface area contributed by atoms with Crippen LogP contribution in [-0.4, -0.2) is 22.3 Å². The molecule has 0 heterocycles. The van der Waals surface area contributed by atoms with Gasteiger partial charge in [0.1, 0.15) is 0 Å². The summed E-state index contributed by atoms with van der Waals surface area (Å²) in [6.07, 6.45) is 12.7. The van der Waals surface area contributed by atoms with Crippen LogP contribution in [0.3, 0.4) is 0 Å². The molecular weight excluding hydrogens is 420 g/mol. The molecule has 10 atom stereocenters. The highest BCUT2D eigenvalue weighted by molar-refractivity contribution is 5.68. The first-order chi connectivity index (χ1) is 15.7. The van der Waals surface area contributed by atoms with Gasteiger partial charge in [0.05, 0.1) is 12.5 Å². The molecule has 5 aliphatic rings. The number of allylic oxidation sites excluding steroid dienone is 2. The van der Waals surface area contributed by atoms with Crippen LogP contribution in [0.2, 0.25) is 0 Å². The van der Waals surface area contributed by atoms with E-state index in [0.717, 1.165) is 38.5 Å². The highest BCUT2D eigenvalue weighted by atomic mass is 16.4. The normalized spacial score (nSPS) is 54.1. The van der Waals surface area contributed by atoms with Gasteiger partial charge in [-0.05, 0) is 114 Å². The van der Waals surface area contributed by atoms with Crippen molar-refractivity contribution < 1.29 is 15.0 Å². The minimum absolute atomic E-state index is 0.0591. The number of carbonyl (C=O) groups is 1. The zero-order chi connectivity index (χ0) is 24.9. The van der Waals surface area contributed by atoms with E-state index in [1.807, 2.05) is 0 Å². The Balaban J connectivity index is 1.61. The van der Waals surface area contributed by atoms with E-state index in [1.54, 1.807) is 5.57 Å². The lowest BCUT2D eigenvalue weighted by Gasteiger charge is -2.71. The second-order valence-electron chi connectivity index (χ2n) is 15.1. The summed E-state index contributed by atoms with van der Waals surface area (Å²) < 4.78 is 0. The van der Waals surface area contributed by atoms with E-state index in [2.05, 4.69) is 54.5 Å². The van der Waals surface area contributed by atoms with Crippen LogP contribution in [0, 0.1) is 56.7 Å². The molecule has 1 unspecified atom stereocenters. The van der Waals surface area contributed by atoms with Gasteiger partial charge in [-0.3, -0.25) is 4.79 Å². The van der Waals surface area contributed by atoms with Gasteiger partial charge in [-0.1, -0.05) is 60.1 Å². The fraction of sp³-hybridized carbons (Fsp3) is 0.903. The number of hydrogen-bond acceptors (Lipinski definition) is 2. The molecule has 0 amide bonds. The van der Waals surface area contributed by atoms with Crippen LogP contribution in [-0.2, 0) is 4.79 Å². The number of fused-ring (bicyclic) bond motifs is 7. The molecule has 5 rings (SSSR count). The predicted molar refractivity (Wildman–Crippen MR) is 137 cm³/mol. The molecule has 0 aromatic rings. The van der Waals surface area contributed by atoms with Gasteiger partial charge >= 0.3 is 5.97 Å². The predicted octanol–water partition coefficient (Wildman–Crippen LogP) is 7.48. The Bertz CT molecular complexity index is 889. The molecule has 3 nitrogen and oxygen atoms in total. The van der Waals surface area contributed by atoms with E-state index in [4.69, 9.17) is 0 Å². The van der Waals surface area contributed by atoms with Crippen LogP contribution in [0.25, 0.3) is 0 Å². The topological polar surface area (TPSA) is 57.5 Å². The number of rotatable bonds is 2. The van der Waals surface area contributed by atoms with Crippen molar-refractivity contribution in [2.75, 3.05) is 0 Å². The molecule has 2 N–H and O–H groups in total. The van der Waals surface area contributed by atoms with Gasteiger partial charge in [-0.25, -0.2) is 0 Å². The molecule has 4 fully saturated rings. The maximum absolute atomic E-state index is 12.1. The molecule has 0 spiro atoms. The average Bonchev–Trinajstić information content (AvgIpc) is 2.70. The van der Waals surface area contributed by atoms with Crippen molar-refractivity contribution in [3.05, 3.63) is 11.6 Å². The number of hydrogen-bond donors (Lipinski definition) is 2. The minimum atomic E-state index is -0.609. The molecule has 0 saturated heterocycles. The molecule has 5 aliphatic carbocycles. The maximum Gasteiger partial charge on any atom is 0.303 e. The Morgan fingerprint density at radius 1 is 0.971 bits per heavy atom. The Kier molecular flexibility index (Phi) is 5.55. The van der Waals surface area contributed by atoms with E-state index in [0.29, 0.717) is 36.0 Å². The van der Waals surface area contributed by atoms with Crippen molar-refractivity contribution in [1.29, 1.82) is 0 Å². The monoisotopic (exact) mass is 470 g/mol. The van der Waals surface area contributed by atoms with Crippen LogP contribution >= 0.6 is 0 Å². The molecule has 192 valence electrons. The summed E-state index contributed by atoms with van der Waals surface area (Å²) in [5.41, 5.74) is 2.28. The summed E-state index contributed by atoms with van der Waals surface area (Å²) >= 11 is 0. The van der Waals surface area contributed by atoms with Crippen LogP contribution < -0.4 is 0 Å². The summed E-state index contributed by atoms with van der Waals surface area (Å²) in [6.45, 7) is 17.3. The largest absolute Gasteiger partial charge is 0.481 e. The minimum Gasteiger partial charge on any atom is -0.481 e. The van der Waals surface area contributed by atoms with Crippen LogP contribution in [0.15, 0.2) is 11.6 Å². The third-order valence-corrected chi connectivity index (χ3v) is 13.3. The zero-order valence-corrected chi connectivity index (χ0v) is 22.9. The molecule has 0 radical (unpaired) electrons. The first kappa shape index (κ1) is 24.8. The van der Waals surface area contributed by atoms with Crippen molar-refractivity contribution in [2.45, 2.75) is 119 Å². The quantitative estimate of drug-likeness (QED) is 0.411. The van der Waals surface area contributed by atoms with Crippen molar-refractivity contribution in [2.24, 2.45) is 56.7 Å². The van der Waals surface area contributed by atoms with Crippen LogP contribution in [0.5, 0.6) is 0 Å². The molecule has 4 saturated carbocycles. The fourth-order valence-electron chi connectivity index (χ4n) is 11.5. The second kappa shape index (κ2) is 7.59. The van der Waals surface area contributed by atoms with Gasteiger partial charge in [-0.15, -0.1) is 0 Å². The zero-order valence-electron chi connectivity index (χ0n) is 22.9. The number of aliphatic hydroxyl groups excluding tert-OH is 1. The summed E-state index contributed by atoms with van der Waals surface area (Å²) in [4.78, 5) is 12.1. The number of carboxylic acid groups (broad SMARTS) is 1. The lowest BCUT2D eigenvalue weighted by Crippen LogP contribution is -2.64. The van der Waals surface area contributed by atoms with Crippen molar-refractivity contribution in [1.82, 2.24) is 0 Å². The van der Waals surface area contributed by atoms with E-state index in [9.17, 15) is 15.0 Å². The van der Waals surface area contributed by atoms with Crippen LogP contribution in [0.1, 0.15) is 113 Å². The standard InChI is InChI=1S/C31H50O3/c1-19-10-13-31(18-25(33)34)15-14-29(6)22(26(31)20(19)2)8-9-24-28(5)17-21(32)16-27(3,4)23(28)11-12-30(24,29)7/h8,19-21,23-24,26,32H,9-18H2,1-7H3,(H,33,34)/t19-,20+,21?,23+,24-,26+,28+,29-,30-,31-/m1/s1. The average molecular weight is 471 g/mol. The maximum atomic E-state index is 12.1. The van der Waals surface area contributed by atoms with Gasteiger partial charge in [0.25, 0.3) is 0 Å². The third-order valence-electron chi connectivity index (χ3n) is 13.3. The lowest BCUT2D eigenvalue weighted by molar-refractivity contribution is -0.199. The van der Waals surface area contributed by atoms with Gasteiger partial charge in [0, 0.05) is 0 Å². The number of aliphatic hydroxyl groups is 1. The molecule has 0 aromatic carbocycles. The first-order valence-electron chi connectivity index (χ1n) is 14.3. The van der Waals surface area contributed by atoms with E-state index < -0.39 is 5.97 Å². The van der Waals surface area contributed by atoms with Crippen molar-refractivity contribution >= 4 is 5.97 Å². The van der Waals surface area contributed by atoms with E-state index in [1.165, 1.54) is 19.3 Å². The molecule has 0 aromatic heterocycles. The Hall–Kier alpha value is -0.830. The number of carboxylic acids is 1. The van der Waals surface area contributed by atoms with Gasteiger partial charge in [0.2, 0.25) is 0 Å². The SMILES string of the molecule is C[C@H]1[C@H](C)CC[C@]2(CC(=O)O)CC[C@]3(C)C(=CC[C@@H]4[C@@]5(C)CC(O)CC(C)(C)[C@@H]5CC[C@]43C)[C@H]12. The molecule has 0 aliphatic heterocycles. The summed E-state index contributed by atoms with van der Waals surface area (Å²) in [5.74, 6) is 2.25. The summed E-state index contributed by atoms with van der Waals surface area (Å²) in [5, 5.41) is 20.9. The number of aliphatic carboxylic acids is 1. The van der Waals surface area contributed by atoms with Gasteiger partial charge in [-0.2, -0.15) is 0 Å². The Morgan fingerprint density at radius 3 is 2.35 bits per heavy atom. The smallest absolute Gasteiger partial charge is 0.303 e. The summed E-state index contributed by atoms with van der Waals surface area (Å²) in [7, 11) is 0. The molecule has 0 bridgehead atoms. The Labute approximate surface area is 208 Å². The highest BCUT2D eigenvalue weighted by Gasteiger charge is 2.68. The van der Waals surface area contributed by atoms with Crippen molar-refractivity contribution in [3.63, 3.8) is 0 Å². The second-order valence-corrected chi connectivity index (χ2v) is 15.1. The Morgan fingerprint density at radius 2 is 1.68 bits per heavy atom. The third kappa shape index (κ3) is 3.13. The lowest BCUT2D eigenvalue weighted by atomic mass is 9.33. The summed E-state index contributed by atoms with van der Waals surface area (Å²) in [6, 6.07) is 0. The first-order valence-corrected chi connectivity index (χ1v) is 14.3. The molecule has 3 heteroatoms. The van der Waals surface area contributed by atoms with Crippen molar-refractivity contribution in [3.8, 4) is 0 Å². The fourth-order valence-corrected chi connectivity index (χ4v) is 11.5. The van der Waals surface area contributed by atoms with Gasteiger partial charge < -0.3 is 10.2 Å². The van der Waals surface area contributed by atoms with Crippen LogP contribution in [0.4, 0.5) is 0 Å². The van der Waals surface area contributed by atoms with Gasteiger partial charge in [0.15, 0.2) is 0 Å². The molecule has 34 heavy (non-hydrogen) atoms.